The molecule has 0 unspecified atom stereocenters. The van der Waals surface area contributed by atoms with Crippen molar-refractivity contribution >= 4 is 26.2 Å². The van der Waals surface area contributed by atoms with E-state index in [1.807, 2.05) is 0 Å². The molecule has 0 aromatic heterocycles. The summed E-state index contributed by atoms with van der Waals surface area (Å²) in [5.41, 5.74) is 0. The van der Waals surface area contributed by atoms with Crippen LogP contribution in [-0.4, -0.2) is 33.3 Å². The zero-order valence-corrected chi connectivity index (χ0v) is 18.0. The lowest BCUT2D eigenvalue weighted by atomic mass is 10.2. The fourth-order valence-electron chi connectivity index (χ4n) is 1.84. The first kappa shape index (κ1) is 23.4. The maximum Gasteiger partial charge on any atom is 0.160 e. The first-order valence-electron chi connectivity index (χ1n) is 7.44. The van der Waals surface area contributed by atoms with E-state index in [-0.39, 0.29) is 10.5 Å². The van der Waals surface area contributed by atoms with E-state index in [0.29, 0.717) is 9.49 Å². The summed E-state index contributed by atoms with van der Waals surface area (Å²) in [7, 11) is -2.77. The largest absolute Gasteiger partial charge is 0.228 e. The maximum atomic E-state index is 11.7. The Bertz CT molecular complexity index is 409. The fourth-order valence-corrected chi connectivity index (χ4v) is 5.51. The molecule has 0 aliphatic heterocycles. The summed E-state index contributed by atoms with van der Waals surface area (Å²) in [5, 5.41) is 0. The quantitative estimate of drug-likeness (QED) is 0.563. The van der Waals surface area contributed by atoms with Crippen molar-refractivity contribution in [3.8, 4) is 0 Å². The van der Waals surface area contributed by atoms with Crippen LogP contribution in [0.25, 0.3) is 0 Å². The molecular weight excluding hydrogens is 300 g/mol. The molecule has 0 spiro atoms. The van der Waals surface area contributed by atoms with Crippen molar-refractivity contribution in [3.05, 3.63) is 0 Å². The lowest BCUT2D eigenvalue weighted by Gasteiger charge is -2.34. The number of hydrogen-bond donors (Lipinski definition) is 0. The summed E-state index contributed by atoms with van der Waals surface area (Å²) < 4.78 is 22.8. The number of rotatable bonds is 0. The van der Waals surface area contributed by atoms with Gasteiger partial charge in [-0.1, -0.05) is 47.4 Å². The molecule has 0 aliphatic carbocycles. The third kappa shape index (κ3) is 7.32. The summed E-state index contributed by atoms with van der Waals surface area (Å²) >= 11 is 0. The normalized spacial score (nSPS) is 14.7. The zero-order valence-electron chi connectivity index (χ0n) is 16.3. The molecule has 0 saturated heterocycles. The van der Waals surface area contributed by atoms with E-state index in [1.165, 1.54) is 0 Å². The van der Waals surface area contributed by atoms with Crippen LogP contribution >= 0.6 is 10.5 Å². The minimum atomic E-state index is -3.01. The van der Waals surface area contributed by atoms with Gasteiger partial charge < -0.3 is 0 Å². The minimum Gasteiger partial charge on any atom is -0.228 e. The Balaban J connectivity index is 0. The van der Waals surface area contributed by atoms with Crippen LogP contribution in [-0.2, 0) is 9.84 Å². The van der Waals surface area contributed by atoms with Crippen molar-refractivity contribution in [1.29, 1.82) is 0 Å². The molecule has 4 heteroatoms. The molecule has 21 heavy (non-hydrogen) atoms. The van der Waals surface area contributed by atoms with Crippen LogP contribution in [0.3, 0.4) is 0 Å². The maximum absolute atomic E-state index is 11.7. The highest BCUT2D eigenvalue weighted by molar-refractivity contribution is 8.16. The van der Waals surface area contributed by atoms with Crippen LogP contribution < -0.4 is 0 Å². The van der Waals surface area contributed by atoms with E-state index in [1.54, 1.807) is 41.5 Å². The van der Waals surface area contributed by atoms with Crippen molar-refractivity contribution in [2.75, 3.05) is 0 Å². The Kier molecular flexibility index (Phi) is 7.52. The van der Waals surface area contributed by atoms with Crippen molar-refractivity contribution in [3.63, 3.8) is 0 Å². The molecule has 0 atom stereocenters. The standard InChI is InChI=1S/C9H20S.C8H18O2S/c1-8(2,3)10(7)9(4,5)6;1-7(2,3)11(9,10)8(4,5)6/h7H2,1-6H3;1-6H3. The smallest absolute Gasteiger partial charge is 0.160 e. The first-order chi connectivity index (χ1) is 8.65. The monoisotopic (exact) mass is 338 g/mol. The number of sulfone groups is 1. The van der Waals surface area contributed by atoms with Gasteiger partial charge in [0.25, 0.3) is 0 Å². The molecule has 0 saturated carbocycles. The van der Waals surface area contributed by atoms with Gasteiger partial charge in [0, 0.05) is 9.49 Å². The van der Waals surface area contributed by atoms with Gasteiger partial charge in [-0.2, -0.15) is 10.5 Å². The van der Waals surface area contributed by atoms with Gasteiger partial charge >= 0.3 is 0 Å². The second kappa shape index (κ2) is 6.74. The SMILES string of the molecule is C=S(C(C)(C)C)C(C)(C)C.CC(C)(C)S(=O)(=O)C(C)(C)C. The third-order valence-electron chi connectivity index (χ3n) is 3.09. The van der Waals surface area contributed by atoms with Crippen molar-refractivity contribution in [2.45, 2.75) is 102 Å². The summed E-state index contributed by atoms with van der Waals surface area (Å²) in [6, 6.07) is 0. The molecule has 0 aliphatic rings. The molecule has 0 fully saturated rings. The minimum absolute atomic E-state index is 0.245. The van der Waals surface area contributed by atoms with Gasteiger partial charge in [-0.3, -0.25) is 0 Å². The molecule has 0 bridgehead atoms. The Morgan fingerprint density at radius 2 is 0.810 bits per heavy atom. The van der Waals surface area contributed by atoms with E-state index in [4.69, 9.17) is 0 Å². The summed E-state index contributed by atoms with van der Waals surface area (Å²) in [6.45, 7) is 23.9. The average molecular weight is 339 g/mol. The Morgan fingerprint density at radius 3 is 0.810 bits per heavy atom. The molecule has 0 radical (unpaired) electrons. The molecule has 0 heterocycles. The molecule has 0 aromatic rings. The summed E-state index contributed by atoms with van der Waals surface area (Å²) in [6.07, 6.45) is 0. The van der Waals surface area contributed by atoms with Gasteiger partial charge in [0.1, 0.15) is 0 Å². The second-order valence-corrected chi connectivity index (χ2v) is 16.0. The Labute approximate surface area is 137 Å². The lowest BCUT2D eigenvalue weighted by molar-refractivity contribution is 0.525. The van der Waals surface area contributed by atoms with Crippen LogP contribution in [0.1, 0.15) is 83.1 Å². The second-order valence-electron chi connectivity index (χ2n) is 9.34. The summed E-state index contributed by atoms with van der Waals surface area (Å²) in [4.78, 5) is 0. The van der Waals surface area contributed by atoms with Crippen molar-refractivity contribution in [1.82, 2.24) is 0 Å². The zero-order chi connectivity index (χ0) is 18.1. The molecule has 0 amide bonds. The highest BCUT2D eigenvalue weighted by Crippen LogP contribution is 2.41. The highest BCUT2D eigenvalue weighted by atomic mass is 32.2. The van der Waals surface area contributed by atoms with E-state index in [9.17, 15) is 8.42 Å². The number of hydrogen-bond acceptors (Lipinski definition) is 2. The van der Waals surface area contributed by atoms with Gasteiger partial charge in [-0.25, -0.2) is 8.42 Å². The molecule has 0 rings (SSSR count). The van der Waals surface area contributed by atoms with E-state index in [2.05, 4.69) is 47.4 Å². The van der Waals surface area contributed by atoms with Crippen LogP contribution in [0, 0.1) is 0 Å². The predicted molar refractivity (Wildman–Crippen MR) is 103 cm³/mol. The highest BCUT2D eigenvalue weighted by Gasteiger charge is 2.39. The Morgan fingerprint density at radius 1 is 0.619 bits per heavy atom. The predicted octanol–water partition coefficient (Wildman–Crippen LogP) is 5.28. The molecule has 0 N–H and O–H groups in total. The third-order valence-corrected chi connectivity index (χ3v) is 9.27. The summed E-state index contributed by atoms with van der Waals surface area (Å²) in [5.74, 6) is 4.21. The lowest BCUT2D eigenvalue weighted by Crippen LogP contribution is -2.41. The van der Waals surface area contributed by atoms with Gasteiger partial charge in [-0.05, 0) is 41.5 Å². The average Bonchev–Trinajstić information content (AvgIpc) is 2.11. The molecule has 0 aromatic carbocycles. The molecule has 2 nitrogen and oxygen atoms in total. The van der Waals surface area contributed by atoms with Gasteiger partial charge in [0.2, 0.25) is 0 Å². The van der Waals surface area contributed by atoms with E-state index < -0.39 is 19.3 Å². The van der Waals surface area contributed by atoms with Crippen LogP contribution in [0.4, 0.5) is 0 Å². The van der Waals surface area contributed by atoms with Gasteiger partial charge in [0.15, 0.2) is 9.84 Å². The fraction of sp³-hybridized carbons (Fsp3) is 0.941. The topological polar surface area (TPSA) is 34.1 Å². The van der Waals surface area contributed by atoms with Crippen LogP contribution in [0.15, 0.2) is 0 Å². The van der Waals surface area contributed by atoms with Gasteiger partial charge in [0.05, 0.1) is 9.49 Å². The van der Waals surface area contributed by atoms with Crippen LogP contribution in [0.2, 0.25) is 0 Å². The van der Waals surface area contributed by atoms with Crippen molar-refractivity contribution < 1.29 is 8.42 Å². The molecule has 130 valence electrons. The Hall–Kier alpha value is 0.170. The van der Waals surface area contributed by atoms with Gasteiger partial charge in [-0.15, -0.1) is 0 Å². The van der Waals surface area contributed by atoms with Crippen molar-refractivity contribution in [2.24, 2.45) is 0 Å². The molecular formula is C17H38O2S2. The van der Waals surface area contributed by atoms with E-state index >= 15 is 0 Å². The van der Waals surface area contributed by atoms with Crippen LogP contribution in [0.5, 0.6) is 0 Å². The first-order valence-corrected chi connectivity index (χ1v) is 10.3. The van der Waals surface area contributed by atoms with E-state index in [0.717, 1.165) is 0 Å².